The van der Waals surface area contributed by atoms with Crippen molar-refractivity contribution in [2.45, 2.75) is 23.8 Å². The first-order valence-corrected chi connectivity index (χ1v) is 5.39. The maximum atomic E-state index is 5.70. The molecule has 3 N–H and O–H groups in total. The number of nitrogens with two attached hydrogens (primary N) is 1. The van der Waals surface area contributed by atoms with Gasteiger partial charge in [0, 0.05) is 5.69 Å². The molecule has 0 atom stereocenters. The summed E-state index contributed by atoms with van der Waals surface area (Å²) >= 11 is 1.52. The van der Waals surface area contributed by atoms with E-state index in [4.69, 9.17) is 5.73 Å². The summed E-state index contributed by atoms with van der Waals surface area (Å²) in [6, 6.07) is 4.08. The van der Waals surface area contributed by atoms with Crippen LogP contribution in [0.15, 0.2) is 28.3 Å². The van der Waals surface area contributed by atoms with Crippen molar-refractivity contribution in [3.8, 4) is 0 Å². The number of hydrogen-bond donors (Lipinski definition) is 2. The van der Waals surface area contributed by atoms with Gasteiger partial charge in [-0.2, -0.15) is 5.10 Å². The van der Waals surface area contributed by atoms with E-state index in [2.05, 4.69) is 22.1 Å². The summed E-state index contributed by atoms with van der Waals surface area (Å²) in [6.07, 6.45) is 1.71. The van der Waals surface area contributed by atoms with E-state index in [1.807, 2.05) is 19.1 Å². The lowest BCUT2D eigenvalue weighted by Crippen LogP contribution is -1.89. The number of rotatable bonds is 2. The number of nitrogens with one attached hydrogen (secondary N) is 1. The largest absolute Gasteiger partial charge is 0.383 e. The number of H-pyrrole nitrogens is 1. The van der Waals surface area contributed by atoms with E-state index >= 15 is 0 Å². The summed E-state index contributed by atoms with van der Waals surface area (Å²) in [5.41, 5.74) is 7.91. The molecule has 0 aromatic carbocycles. The lowest BCUT2D eigenvalue weighted by molar-refractivity contribution is 1.05. The number of aromatic nitrogens is 3. The maximum Gasteiger partial charge on any atom is 0.133 e. The van der Waals surface area contributed by atoms with Gasteiger partial charge in [0.15, 0.2) is 0 Å². The summed E-state index contributed by atoms with van der Waals surface area (Å²) in [5, 5.41) is 7.51. The SMILES string of the molecule is Cc1cc(C)nc(Sc2cn[nH]c2N)c1. The van der Waals surface area contributed by atoms with Crippen LogP contribution in [0.5, 0.6) is 0 Å². The van der Waals surface area contributed by atoms with Crippen LogP contribution in [0.3, 0.4) is 0 Å². The van der Waals surface area contributed by atoms with Crippen molar-refractivity contribution < 1.29 is 0 Å². The van der Waals surface area contributed by atoms with Crippen LogP contribution in [0.4, 0.5) is 5.82 Å². The molecule has 0 radical (unpaired) electrons. The average Bonchev–Trinajstić information content (AvgIpc) is 2.50. The lowest BCUT2D eigenvalue weighted by atomic mass is 10.3. The van der Waals surface area contributed by atoms with E-state index in [1.54, 1.807) is 6.20 Å². The van der Waals surface area contributed by atoms with Crippen molar-refractivity contribution in [1.82, 2.24) is 15.2 Å². The van der Waals surface area contributed by atoms with Gasteiger partial charge in [-0.3, -0.25) is 5.10 Å². The fourth-order valence-corrected chi connectivity index (χ4v) is 2.26. The predicted octanol–water partition coefficient (Wildman–Crippen LogP) is 2.15. The molecule has 2 heterocycles. The van der Waals surface area contributed by atoms with Gasteiger partial charge in [0.25, 0.3) is 0 Å². The number of pyridine rings is 1. The molecule has 2 aromatic rings. The zero-order chi connectivity index (χ0) is 10.8. The fourth-order valence-electron chi connectivity index (χ4n) is 1.34. The Balaban J connectivity index is 2.28. The van der Waals surface area contributed by atoms with Crippen molar-refractivity contribution >= 4 is 17.6 Å². The molecule has 2 rings (SSSR count). The van der Waals surface area contributed by atoms with Crippen LogP contribution >= 0.6 is 11.8 Å². The van der Waals surface area contributed by atoms with Crippen LogP contribution in [0, 0.1) is 13.8 Å². The number of nitrogens with zero attached hydrogens (tertiary/aromatic N) is 2. The van der Waals surface area contributed by atoms with E-state index in [0.717, 1.165) is 15.6 Å². The highest BCUT2D eigenvalue weighted by Gasteiger charge is 2.05. The van der Waals surface area contributed by atoms with Gasteiger partial charge < -0.3 is 5.73 Å². The van der Waals surface area contributed by atoms with Gasteiger partial charge in [0.05, 0.1) is 11.1 Å². The highest BCUT2D eigenvalue weighted by molar-refractivity contribution is 7.99. The zero-order valence-electron chi connectivity index (χ0n) is 8.61. The minimum absolute atomic E-state index is 0.584. The first kappa shape index (κ1) is 10.0. The van der Waals surface area contributed by atoms with Crippen LogP contribution in [0.25, 0.3) is 0 Å². The molecule has 0 amide bonds. The molecule has 4 nitrogen and oxygen atoms in total. The molecule has 0 saturated heterocycles. The Labute approximate surface area is 92.3 Å². The summed E-state index contributed by atoms with van der Waals surface area (Å²) < 4.78 is 0. The normalized spacial score (nSPS) is 10.5. The molecule has 2 aromatic heterocycles. The second kappa shape index (κ2) is 3.94. The van der Waals surface area contributed by atoms with E-state index < -0.39 is 0 Å². The molecule has 0 fully saturated rings. The molecule has 5 heteroatoms. The Bertz CT molecular complexity index is 458. The third-order valence-electron chi connectivity index (χ3n) is 1.92. The monoisotopic (exact) mass is 220 g/mol. The molecule has 78 valence electrons. The van der Waals surface area contributed by atoms with Crippen LogP contribution in [-0.4, -0.2) is 15.2 Å². The first-order chi connectivity index (χ1) is 7.15. The first-order valence-electron chi connectivity index (χ1n) is 4.57. The summed E-state index contributed by atoms with van der Waals surface area (Å²) in [4.78, 5) is 5.33. The Morgan fingerprint density at radius 2 is 2.13 bits per heavy atom. The molecule has 0 spiro atoms. The predicted molar refractivity (Wildman–Crippen MR) is 60.8 cm³/mol. The maximum absolute atomic E-state index is 5.70. The van der Waals surface area contributed by atoms with Crippen molar-refractivity contribution in [2.75, 3.05) is 5.73 Å². The number of aromatic amines is 1. The van der Waals surface area contributed by atoms with Crippen molar-refractivity contribution in [1.29, 1.82) is 0 Å². The van der Waals surface area contributed by atoms with Gasteiger partial charge in [-0.1, -0.05) is 11.8 Å². The van der Waals surface area contributed by atoms with E-state index in [0.29, 0.717) is 5.82 Å². The van der Waals surface area contributed by atoms with Gasteiger partial charge in [-0.25, -0.2) is 4.98 Å². The second-order valence-electron chi connectivity index (χ2n) is 3.37. The molecule has 0 aliphatic carbocycles. The minimum atomic E-state index is 0.584. The van der Waals surface area contributed by atoms with Crippen LogP contribution < -0.4 is 5.73 Å². The molecule has 0 aliphatic heterocycles. The molecular formula is C10H12N4S. The summed E-state index contributed by atoms with van der Waals surface area (Å²) in [7, 11) is 0. The topological polar surface area (TPSA) is 67.6 Å². The molecule has 0 bridgehead atoms. The number of aryl methyl sites for hydroxylation is 2. The Kier molecular flexibility index (Phi) is 2.64. The molecule has 0 aliphatic rings. The van der Waals surface area contributed by atoms with Gasteiger partial charge in [-0.15, -0.1) is 0 Å². The standard InChI is InChI=1S/C10H12N4S/c1-6-3-7(2)13-9(4-6)15-8-5-12-14-10(8)11/h3-5H,1-2H3,(H3,11,12,14). The van der Waals surface area contributed by atoms with Crippen LogP contribution in [-0.2, 0) is 0 Å². The molecule has 0 saturated carbocycles. The number of anilines is 1. The number of nitrogen functional groups attached to an aromatic ring is 1. The highest BCUT2D eigenvalue weighted by atomic mass is 32.2. The molecule has 0 unspecified atom stereocenters. The fraction of sp³-hybridized carbons (Fsp3) is 0.200. The Morgan fingerprint density at radius 1 is 1.33 bits per heavy atom. The van der Waals surface area contributed by atoms with E-state index in [9.17, 15) is 0 Å². The van der Waals surface area contributed by atoms with Crippen LogP contribution in [0.1, 0.15) is 11.3 Å². The molecule has 15 heavy (non-hydrogen) atoms. The Hall–Kier alpha value is -1.49. The smallest absolute Gasteiger partial charge is 0.133 e. The minimum Gasteiger partial charge on any atom is -0.383 e. The summed E-state index contributed by atoms with van der Waals surface area (Å²) in [6.45, 7) is 4.03. The third-order valence-corrected chi connectivity index (χ3v) is 2.88. The van der Waals surface area contributed by atoms with Gasteiger partial charge in [0.2, 0.25) is 0 Å². The number of hydrogen-bond acceptors (Lipinski definition) is 4. The highest BCUT2D eigenvalue weighted by Crippen LogP contribution is 2.29. The Morgan fingerprint density at radius 3 is 2.73 bits per heavy atom. The van der Waals surface area contributed by atoms with Crippen molar-refractivity contribution in [3.63, 3.8) is 0 Å². The van der Waals surface area contributed by atoms with Gasteiger partial charge in [-0.05, 0) is 31.5 Å². The van der Waals surface area contributed by atoms with E-state index in [1.165, 1.54) is 17.3 Å². The zero-order valence-corrected chi connectivity index (χ0v) is 9.43. The molecular weight excluding hydrogens is 208 g/mol. The van der Waals surface area contributed by atoms with Crippen molar-refractivity contribution in [2.24, 2.45) is 0 Å². The third kappa shape index (κ3) is 2.30. The average molecular weight is 220 g/mol. The van der Waals surface area contributed by atoms with Crippen molar-refractivity contribution in [3.05, 3.63) is 29.6 Å². The lowest BCUT2D eigenvalue weighted by Gasteiger charge is -2.02. The quantitative estimate of drug-likeness (QED) is 0.813. The summed E-state index contributed by atoms with van der Waals surface area (Å²) in [5.74, 6) is 0.584. The van der Waals surface area contributed by atoms with E-state index in [-0.39, 0.29) is 0 Å². The van der Waals surface area contributed by atoms with Gasteiger partial charge in [0.1, 0.15) is 10.8 Å². The van der Waals surface area contributed by atoms with Crippen LogP contribution in [0.2, 0.25) is 0 Å². The second-order valence-corrected chi connectivity index (χ2v) is 4.44. The van der Waals surface area contributed by atoms with Gasteiger partial charge >= 0.3 is 0 Å².